The van der Waals surface area contributed by atoms with E-state index in [0.29, 0.717) is 11.8 Å². The first-order valence-corrected chi connectivity index (χ1v) is 8.69. The number of quaternary nitrogens is 2. The van der Waals surface area contributed by atoms with Crippen molar-refractivity contribution < 1.29 is 55.8 Å². The van der Waals surface area contributed by atoms with Crippen molar-refractivity contribution in [3.05, 3.63) is 0 Å². The molecule has 2 rings (SSSR count). The standard InChI is InChI=1S/C8H16N2O2.C8H14N2O2.2ClH/c2*9-6(7(11)8(10)12)4-5-2-1-3-5;;/h5-7,11H,1-4,9H2,(H2,10,12);5-6H,1-4,9H2,(H2,10,12);2*1H. The van der Waals surface area contributed by atoms with Gasteiger partial charge in [-0.25, -0.2) is 0 Å². The van der Waals surface area contributed by atoms with Crippen LogP contribution in [0.2, 0.25) is 0 Å². The normalized spacial score (nSPS) is 19.7. The van der Waals surface area contributed by atoms with Crippen molar-refractivity contribution in [2.45, 2.75) is 69.6 Å². The zero-order chi connectivity index (χ0) is 18.3. The van der Waals surface area contributed by atoms with Crippen molar-refractivity contribution in [1.29, 1.82) is 0 Å². The van der Waals surface area contributed by atoms with Crippen molar-refractivity contribution in [1.82, 2.24) is 0 Å². The highest BCUT2D eigenvalue weighted by atomic mass is 35.5. The van der Waals surface area contributed by atoms with Gasteiger partial charge in [0.05, 0.1) is 0 Å². The van der Waals surface area contributed by atoms with Crippen LogP contribution in [0.4, 0.5) is 0 Å². The van der Waals surface area contributed by atoms with Gasteiger partial charge in [-0.1, -0.05) is 38.5 Å². The van der Waals surface area contributed by atoms with Crippen LogP contribution in [0, 0.1) is 11.8 Å². The first-order valence-electron chi connectivity index (χ1n) is 8.69. The van der Waals surface area contributed by atoms with Gasteiger partial charge in [-0.15, -0.1) is 0 Å². The van der Waals surface area contributed by atoms with Crippen LogP contribution in [-0.4, -0.2) is 40.9 Å². The smallest absolute Gasteiger partial charge is 0.291 e. The molecule has 2 saturated carbocycles. The average molecular weight is 415 g/mol. The van der Waals surface area contributed by atoms with Crippen LogP contribution in [0.15, 0.2) is 0 Å². The summed E-state index contributed by atoms with van der Waals surface area (Å²) in [5.74, 6) is -0.789. The third kappa shape index (κ3) is 9.14. The molecule has 0 aromatic carbocycles. The lowest BCUT2D eigenvalue weighted by Crippen LogP contribution is -3.00. The number of hydrogen-bond acceptors (Lipinski definition) is 4. The predicted molar refractivity (Wildman–Crippen MR) is 86.7 cm³/mol. The summed E-state index contributed by atoms with van der Waals surface area (Å²) >= 11 is 0. The quantitative estimate of drug-likeness (QED) is 0.247. The SMILES string of the molecule is NC(=O)C(=O)C([NH3+])CC1CCC1.NC(=O)C(O)C([NH3+])CC1CCC1.[Cl-].[Cl-]. The number of rotatable bonds is 8. The van der Waals surface area contributed by atoms with Crippen molar-refractivity contribution in [3.63, 3.8) is 0 Å². The van der Waals surface area contributed by atoms with E-state index in [4.69, 9.17) is 11.5 Å². The fourth-order valence-electron chi connectivity index (χ4n) is 2.96. The number of nitrogens with two attached hydrogens (primary N) is 2. The molecule has 2 aliphatic carbocycles. The Labute approximate surface area is 166 Å². The number of hydrogen-bond donors (Lipinski definition) is 5. The Hall–Kier alpha value is -0.930. The number of ketones is 1. The van der Waals surface area contributed by atoms with E-state index >= 15 is 0 Å². The number of carbonyl (C=O) groups is 3. The maximum absolute atomic E-state index is 11.0. The second-order valence-corrected chi connectivity index (χ2v) is 7.10. The van der Waals surface area contributed by atoms with Crippen LogP contribution in [0.3, 0.4) is 0 Å². The summed E-state index contributed by atoms with van der Waals surface area (Å²) in [7, 11) is 0. The number of aliphatic hydroxyl groups excluding tert-OH is 1. The van der Waals surface area contributed by atoms with Gasteiger partial charge in [0.1, 0.15) is 6.04 Å². The van der Waals surface area contributed by atoms with Crippen LogP contribution < -0.4 is 47.7 Å². The third-order valence-corrected chi connectivity index (χ3v) is 5.06. The van der Waals surface area contributed by atoms with Crippen LogP contribution in [-0.2, 0) is 14.4 Å². The maximum Gasteiger partial charge on any atom is 0.291 e. The van der Waals surface area contributed by atoms with E-state index in [9.17, 15) is 19.5 Å². The molecule has 2 fully saturated rings. The third-order valence-electron chi connectivity index (χ3n) is 5.06. The summed E-state index contributed by atoms with van der Waals surface area (Å²) in [6.45, 7) is 0. The van der Waals surface area contributed by atoms with Crippen molar-refractivity contribution in [2.24, 2.45) is 23.3 Å². The van der Waals surface area contributed by atoms with Gasteiger partial charge in [0.15, 0.2) is 12.1 Å². The fourth-order valence-corrected chi connectivity index (χ4v) is 2.96. The predicted octanol–water partition coefficient (Wildman–Crippen LogP) is -8.52. The van der Waals surface area contributed by atoms with Crippen LogP contribution in [0.1, 0.15) is 51.4 Å². The Morgan fingerprint density at radius 1 is 0.923 bits per heavy atom. The van der Waals surface area contributed by atoms with Gasteiger partial charge in [0.25, 0.3) is 17.6 Å². The molecule has 11 N–H and O–H groups in total. The Bertz CT molecular complexity index is 460. The highest BCUT2D eigenvalue weighted by Crippen LogP contribution is 2.30. The molecule has 0 radical (unpaired) electrons. The summed E-state index contributed by atoms with van der Waals surface area (Å²) in [4.78, 5) is 32.0. The molecule has 0 saturated heterocycles. The zero-order valence-corrected chi connectivity index (χ0v) is 16.6. The van der Waals surface area contributed by atoms with E-state index < -0.39 is 29.7 Å². The second-order valence-electron chi connectivity index (χ2n) is 7.10. The molecule has 0 spiro atoms. The van der Waals surface area contributed by atoms with Crippen molar-refractivity contribution in [2.75, 3.05) is 0 Å². The number of primary amides is 2. The van der Waals surface area contributed by atoms with E-state index in [0.717, 1.165) is 25.7 Å². The largest absolute Gasteiger partial charge is 1.00 e. The summed E-state index contributed by atoms with van der Waals surface area (Å²) in [5.41, 5.74) is 17.1. The molecule has 0 bridgehead atoms. The lowest BCUT2D eigenvalue weighted by Gasteiger charge is -2.27. The maximum atomic E-state index is 11.0. The Morgan fingerprint density at radius 2 is 1.35 bits per heavy atom. The van der Waals surface area contributed by atoms with Gasteiger partial charge in [0.2, 0.25) is 0 Å². The molecule has 3 atom stereocenters. The van der Waals surface area contributed by atoms with Gasteiger partial charge >= 0.3 is 0 Å². The molecule has 154 valence electrons. The summed E-state index contributed by atoms with van der Waals surface area (Å²) in [6.07, 6.45) is 7.73. The topological polar surface area (TPSA) is 179 Å². The zero-order valence-electron chi connectivity index (χ0n) is 15.0. The number of amides is 2. The molecule has 8 nitrogen and oxygen atoms in total. The molecular weight excluding hydrogens is 383 g/mol. The van der Waals surface area contributed by atoms with Crippen molar-refractivity contribution >= 4 is 17.6 Å². The molecule has 0 aromatic rings. The molecule has 0 heterocycles. The summed E-state index contributed by atoms with van der Waals surface area (Å²) in [5, 5.41) is 9.23. The number of Topliss-reactive ketones (excluding diaryl/α,β-unsaturated/α-hetero) is 1. The average Bonchev–Trinajstić information content (AvgIpc) is 2.44. The second kappa shape index (κ2) is 13.3. The lowest BCUT2D eigenvalue weighted by atomic mass is 9.80. The highest BCUT2D eigenvalue weighted by molar-refractivity contribution is 6.37. The van der Waals surface area contributed by atoms with E-state index in [1.807, 2.05) is 0 Å². The van der Waals surface area contributed by atoms with Crippen LogP contribution in [0.25, 0.3) is 0 Å². The Balaban J connectivity index is 0. The monoisotopic (exact) mass is 414 g/mol. The molecule has 2 aliphatic rings. The van der Waals surface area contributed by atoms with E-state index in [1.54, 1.807) is 0 Å². The molecule has 2 amide bonds. The molecule has 0 aliphatic heterocycles. The van der Waals surface area contributed by atoms with Gasteiger partial charge in [-0.3, -0.25) is 14.4 Å². The van der Waals surface area contributed by atoms with Gasteiger partial charge < -0.3 is 52.9 Å². The van der Waals surface area contributed by atoms with E-state index in [1.165, 1.54) is 25.7 Å². The van der Waals surface area contributed by atoms with Crippen molar-refractivity contribution in [3.8, 4) is 0 Å². The summed E-state index contributed by atoms with van der Waals surface area (Å²) < 4.78 is 0. The molecule has 10 heteroatoms. The number of carbonyl (C=O) groups excluding carboxylic acids is 3. The van der Waals surface area contributed by atoms with Crippen LogP contribution >= 0.6 is 0 Å². The minimum Gasteiger partial charge on any atom is -1.00 e. The van der Waals surface area contributed by atoms with Gasteiger partial charge in [-0.2, -0.15) is 0 Å². The number of aliphatic hydroxyl groups is 1. The minimum absolute atomic E-state index is 0. The van der Waals surface area contributed by atoms with Crippen LogP contribution in [0.5, 0.6) is 0 Å². The Morgan fingerprint density at radius 3 is 1.65 bits per heavy atom. The first kappa shape index (κ1) is 27.3. The highest BCUT2D eigenvalue weighted by Gasteiger charge is 2.29. The number of halogens is 2. The van der Waals surface area contributed by atoms with Gasteiger partial charge in [0, 0.05) is 12.8 Å². The fraction of sp³-hybridized carbons (Fsp3) is 0.812. The van der Waals surface area contributed by atoms with Gasteiger partial charge in [-0.05, 0) is 11.8 Å². The van der Waals surface area contributed by atoms with E-state index in [-0.39, 0.29) is 30.9 Å². The minimum atomic E-state index is -1.06. The molecule has 3 unspecified atom stereocenters. The Kier molecular flexibility index (Phi) is 13.9. The molecule has 26 heavy (non-hydrogen) atoms. The van der Waals surface area contributed by atoms with E-state index in [2.05, 4.69) is 11.5 Å². The summed E-state index contributed by atoms with van der Waals surface area (Å²) in [6, 6.07) is -0.652. The first-order chi connectivity index (χ1) is 11.2. The molecular formula is C16H32Cl2N4O4. The molecule has 0 aromatic heterocycles. The lowest BCUT2D eigenvalue weighted by molar-refractivity contribution is -0.437.